The molecule has 8 nitrogen and oxygen atoms in total. The molecule has 37 heavy (non-hydrogen) atoms. The van der Waals surface area contributed by atoms with Crippen molar-refractivity contribution in [2.45, 2.75) is 6.18 Å². The molecule has 0 atom stereocenters. The van der Waals surface area contributed by atoms with Crippen molar-refractivity contribution in [2.75, 3.05) is 31.6 Å². The second-order valence-electron chi connectivity index (χ2n) is 8.49. The van der Waals surface area contributed by atoms with Crippen molar-refractivity contribution in [3.63, 3.8) is 0 Å². The largest absolute Gasteiger partial charge is 0.490 e. The van der Waals surface area contributed by atoms with Gasteiger partial charge in [-0.3, -0.25) is 9.59 Å². The monoisotopic (exact) mass is 520 g/mol. The molecule has 2 aliphatic heterocycles. The Morgan fingerprint density at radius 2 is 1.81 bits per heavy atom. The maximum Gasteiger partial charge on any atom is 0.451 e. The van der Waals surface area contributed by atoms with Crippen molar-refractivity contribution < 1.29 is 41.0 Å². The van der Waals surface area contributed by atoms with Gasteiger partial charge in [-0.25, -0.2) is 18.7 Å². The molecule has 0 saturated carbocycles. The Morgan fingerprint density at radius 3 is 2.49 bits per heavy atom. The summed E-state index contributed by atoms with van der Waals surface area (Å²) in [6, 6.07) is 6.17. The van der Waals surface area contributed by atoms with Crippen LogP contribution in [0.5, 0.6) is 11.5 Å². The van der Waals surface area contributed by atoms with Crippen LogP contribution in [-0.4, -0.2) is 53.0 Å². The first-order chi connectivity index (χ1) is 17.6. The first-order valence-electron chi connectivity index (χ1n) is 11.0. The third-order valence-electron chi connectivity index (χ3n) is 5.82. The van der Waals surface area contributed by atoms with E-state index in [1.165, 1.54) is 23.1 Å². The van der Waals surface area contributed by atoms with Crippen molar-refractivity contribution >= 4 is 17.5 Å². The van der Waals surface area contributed by atoms with Gasteiger partial charge in [0.1, 0.15) is 11.6 Å². The lowest BCUT2D eigenvalue weighted by Gasteiger charge is -2.39. The van der Waals surface area contributed by atoms with Gasteiger partial charge in [0, 0.05) is 43.0 Å². The van der Waals surface area contributed by atoms with Crippen molar-refractivity contribution in [3.8, 4) is 22.6 Å². The second-order valence-corrected chi connectivity index (χ2v) is 8.49. The Hall–Kier alpha value is -4.29. The van der Waals surface area contributed by atoms with Crippen LogP contribution in [-0.2, 0) is 11.0 Å². The van der Waals surface area contributed by atoms with Gasteiger partial charge >= 0.3 is 6.18 Å². The fourth-order valence-corrected chi connectivity index (χ4v) is 3.91. The zero-order valence-electron chi connectivity index (χ0n) is 18.8. The molecular weight excluding hydrogens is 503 g/mol. The van der Waals surface area contributed by atoms with Gasteiger partial charge in [-0.2, -0.15) is 13.2 Å². The highest BCUT2D eigenvalue weighted by atomic mass is 19.4. The normalized spacial score (nSPS) is 15.4. The van der Waals surface area contributed by atoms with Gasteiger partial charge in [-0.1, -0.05) is 6.07 Å². The van der Waals surface area contributed by atoms with Gasteiger partial charge in [0.2, 0.25) is 5.82 Å². The summed E-state index contributed by atoms with van der Waals surface area (Å²) in [5.41, 5.74) is 0.473. The van der Waals surface area contributed by atoms with E-state index in [9.17, 15) is 31.5 Å². The molecule has 1 N–H and O–H groups in total. The number of anilines is 1. The van der Waals surface area contributed by atoms with Crippen LogP contribution in [0.25, 0.3) is 11.1 Å². The van der Waals surface area contributed by atoms with Crippen LogP contribution in [0.15, 0.2) is 42.7 Å². The maximum absolute atomic E-state index is 14.5. The summed E-state index contributed by atoms with van der Waals surface area (Å²) in [6.07, 6.45) is -2.76. The van der Waals surface area contributed by atoms with Crippen LogP contribution in [0.4, 0.5) is 27.6 Å². The Kier molecular flexibility index (Phi) is 6.13. The predicted molar refractivity (Wildman–Crippen MR) is 118 cm³/mol. The van der Waals surface area contributed by atoms with Gasteiger partial charge in [-0.05, 0) is 23.8 Å². The van der Waals surface area contributed by atoms with Crippen LogP contribution in [0, 0.1) is 17.6 Å². The van der Waals surface area contributed by atoms with Crippen molar-refractivity contribution in [2.24, 2.45) is 5.92 Å². The number of carbonyl (C=O) groups excluding carboxylic acids is 2. The summed E-state index contributed by atoms with van der Waals surface area (Å²) in [7, 11) is 0. The molecule has 0 aliphatic carbocycles. The maximum atomic E-state index is 14.5. The Balaban J connectivity index is 1.16. The van der Waals surface area contributed by atoms with E-state index in [0.29, 0.717) is 0 Å². The molecular formula is C24H17F5N4O4. The van der Waals surface area contributed by atoms with E-state index >= 15 is 0 Å². The van der Waals surface area contributed by atoms with Crippen molar-refractivity contribution in [1.82, 2.24) is 14.9 Å². The molecule has 0 unspecified atom stereocenters. The molecule has 3 aromatic rings. The lowest BCUT2D eigenvalue weighted by atomic mass is 9.99. The summed E-state index contributed by atoms with van der Waals surface area (Å²) in [6.45, 7) is 0.349. The number of benzene rings is 2. The molecule has 3 heterocycles. The Labute approximate surface area is 206 Å². The Bertz CT molecular complexity index is 1370. The molecule has 1 saturated heterocycles. The smallest absolute Gasteiger partial charge is 0.451 e. The third kappa shape index (κ3) is 5.01. The minimum absolute atomic E-state index is 0.0715. The van der Waals surface area contributed by atoms with E-state index in [2.05, 4.69) is 15.3 Å². The summed E-state index contributed by atoms with van der Waals surface area (Å²) in [4.78, 5) is 32.1. The van der Waals surface area contributed by atoms with Gasteiger partial charge in [0.15, 0.2) is 18.2 Å². The number of aromatic nitrogens is 2. The predicted octanol–water partition coefficient (Wildman–Crippen LogP) is 3.92. The van der Waals surface area contributed by atoms with Crippen LogP contribution in [0.1, 0.15) is 16.2 Å². The van der Waals surface area contributed by atoms with Crippen molar-refractivity contribution in [3.05, 3.63) is 65.7 Å². The van der Waals surface area contributed by atoms with Gasteiger partial charge in [0.05, 0.1) is 17.9 Å². The molecule has 192 valence electrons. The number of carbonyl (C=O) groups is 2. The molecule has 0 bridgehead atoms. The van der Waals surface area contributed by atoms with E-state index in [1.807, 2.05) is 0 Å². The minimum atomic E-state index is -4.68. The second kappa shape index (κ2) is 9.30. The molecule has 2 amide bonds. The third-order valence-corrected chi connectivity index (χ3v) is 5.82. The lowest BCUT2D eigenvalue weighted by molar-refractivity contribution is -0.145. The minimum Gasteiger partial charge on any atom is -0.490 e. The standard InChI is InChI=1S/C24H17F5N4O4/c25-16-5-20-18(32-21(34)11-37-20)4-15(16)22(35)33-8-12(9-33)10-36-19-2-1-13(3-17(19)26)14-6-30-23(31-7-14)24(27,28)29/h1-7,12H,8-11H2,(H,32,34). The first kappa shape index (κ1) is 24.4. The molecule has 13 heteroatoms. The van der Waals surface area contributed by atoms with Crippen LogP contribution < -0.4 is 14.8 Å². The fourth-order valence-electron chi connectivity index (χ4n) is 3.91. The fraction of sp³-hybridized carbons (Fsp3) is 0.250. The molecule has 0 radical (unpaired) electrons. The van der Waals surface area contributed by atoms with E-state index in [-0.39, 0.29) is 66.1 Å². The van der Waals surface area contributed by atoms with Gasteiger partial charge in [0.25, 0.3) is 11.8 Å². The summed E-state index contributed by atoms with van der Waals surface area (Å²) in [5, 5.41) is 2.52. The number of nitrogens with zero attached hydrogens (tertiary/aromatic N) is 3. The van der Waals surface area contributed by atoms with E-state index in [0.717, 1.165) is 24.5 Å². The van der Waals surface area contributed by atoms with Crippen LogP contribution in [0.2, 0.25) is 0 Å². The van der Waals surface area contributed by atoms with Crippen LogP contribution >= 0.6 is 0 Å². The number of alkyl halides is 3. The zero-order chi connectivity index (χ0) is 26.3. The summed E-state index contributed by atoms with van der Waals surface area (Å²) in [5.74, 6) is -3.84. The number of halogens is 5. The SMILES string of the molecule is O=C1COc2cc(F)c(C(=O)N3CC(COc4ccc(-c5cnc(C(F)(F)F)nc5)cc4F)C3)cc2N1. The summed E-state index contributed by atoms with van der Waals surface area (Å²) < 4.78 is 77.4. The highest BCUT2D eigenvalue weighted by molar-refractivity contribution is 6.00. The number of amides is 2. The molecule has 5 rings (SSSR count). The molecule has 0 spiro atoms. The number of hydrogen-bond acceptors (Lipinski definition) is 6. The Morgan fingerprint density at radius 1 is 1.08 bits per heavy atom. The van der Waals surface area contributed by atoms with Gasteiger partial charge < -0.3 is 19.7 Å². The van der Waals surface area contributed by atoms with E-state index in [4.69, 9.17) is 9.47 Å². The number of ether oxygens (including phenoxy) is 2. The first-order valence-corrected chi connectivity index (χ1v) is 11.0. The molecule has 2 aromatic carbocycles. The number of nitrogens with one attached hydrogen (secondary N) is 1. The summed E-state index contributed by atoms with van der Waals surface area (Å²) >= 11 is 0. The molecule has 1 fully saturated rings. The van der Waals surface area contributed by atoms with Gasteiger partial charge in [-0.15, -0.1) is 0 Å². The topological polar surface area (TPSA) is 93.7 Å². The number of likely N-dealkylation sites (tertiary alicyclic amines) is 1. The zero-order valence-corrected chi connectivity index (χ0v) is 18.8. The average molecular weight is 520 g/mol. The number of rotatable bonds is 5. The number of fused-ring (bicyclic) bond motifs is 1. The number of hydrogen-bond donors (Lipinski definition) is 1. The van der Waals surface area contributed by atoms with Crippen LogP contribution in [0.3, 0.4) is 0 Å². The average Bonchev–Trinajstić information content (AvgIpc) is 2.83. The van der Waals surface area contributed by atoms with Crippen molar-refractivity contribution in [1.29, 1.82) is 0 Å². The highest BCUT2D eigenvalue weighted by Gasteiger charge is 2.35. The van der Waals surface area contributed by atoms with E-state index < -0.39 is 35.4 Å². The van der Waals surface area contributed by atoms with E-state index in [1.54, 1.807) is 0 Å². The lowest BCUT2D eigenvalue weighted by Crippen LogP contribution is -2.52. The highest BCUT2D eigenvalue weighted by Crippen LogP contribution is 2.33. The quantitative estimate of drug-likeness (QED) is 0.513. The molecule has 2 aliphatic rings. The molecule has 1 aromatic heterocycles.